The Kier molecular flexibility index (Phi) is 3.67. The third kappa shape index (κ3) is 2.58. The number of hydrogen-bond donors (Lipinski definition) is 1. The zero-order valence-electron chi connectivity index (χ0n) is 11.3. The molecule has 0 radical (unpaired) electrons. The molecule has 3 heteroatoms. The van der Waals surface area contributed by atoms with E-state index in [1.165, 1.54) is 47.3 Å². The number of rotatable bonds is 3. The van der Waals surface area contributed by atoms with E-state index in [0.717, 1.165) is 10.7 Å². The fourth-order valence-corrected chi connectivity index (χ4v) is 3.75. The second kappa shape index (κ2) is 5.43. The van der Waals surface area contributed by atoms with Gasteiger partial charge in [0.25, 0.3) is 0 Å². The van der Waals surface area contributed by atoms with Crippen LogP contribution in [0.4, 0.5) is 0 Å². The summed E-state index contributed by atoms with van der Waals surface area (Å²) in [6.45, 7) is 2.30. The molecule has 0 amide bonds. The third-order valence-corrected chi connectivity index (χ3v) is 4.82. The Morgan fingerprint density at radius 3 is 2.79 bits per heavy atom. The molecule has 100 valence electrons. The van der Waals surface area contributed by atoms with Crippen LogP contribution in [0, 0.1) is 6.92 Å². The zero-order chi connectivity index (χ0) is 13.2. The zero-order valence-corrected chi connectivity index (χ0v) is 12.1. The molecule has 0 saturated heterocycles. The molecule has 1 aliphatic rings. The molecule has 0 fully saturated rings. The fraction of sp³-hybridized carbons (Fsp3) is 0.438. The molecule has 0 aliphatic heterocycles. The Morgan fingerprint density at radius 2 is 2.00 bits per heavy atom. The summed E-state index contributed by atoms with van der Waals surface area (Å²) >= 11 is 1.70. The molecule has 1 aromatic carbocycles. The van der Waals surface area contributed by atoms with Crippen molar-refractivity contribution in [2.45, 2.75) is 39.0 Å². The second-order valence-corrected chi connectivity index (χ2v) is 6.46. The Bertz CT molecular complexity index is 588. The van der Waals surface area contributed by atoms with Crippen LogP contribution in [0.5, 0.6) is 0 Å². The maximum Gasteiger partial charge on any atom is 0.0958 e. The molecule has 0 unspecified atom stereocenters. The topological polar surface area (TPSA) is 33.1 Å². The van der Waals surface area contributed by atoms with Gasteiger partial charge in [-0.2, -0.15) is 0 Å². The largest absolute Gasteiger partial charge is 0.396 e. The number of aryl methyl sites for hydroxylation is 3. The maximum atomic E-state index is 9.02. The monoisotopic (exact) mass is 273 g/mol. The highest BCUT2D eigenvalue weighted by molar-refractivity contribution is 7.12. The van der Waals surface area contributed by atoms with E-state index < -0.39 is 0 Å². The number of thiazole rings is 1. The van der Waals surface area contributed by atoms with Gasteiger partial charge in [0.15, 0.2) is 0 Å². The van der Waals surface area contributed by atoms with Crippen LogP contribution in [-0.2, 0) is 19.3 Å². The van der Waals surface area contributed by atoms with Crippen molar-refractivity contribution in [3.05, 3.63) is 39.2 Å². The van der Waals surface area contributed by atoms with Crippen LogP contribution in [0.1, 0.15) is 33.9 Å². The van der Waals surface area contributed by atoms with E-state index in [9.17, 15) is 0 Å². The number of aromatic nitrogens is 1. The van der Waals surface area contributed by atoms with Gasteiger partial charge in [-0.25, -0.2) is 4.98 Å². The van der Waals surface area contributed by atoms with Gasteiger partial charge in [-0.3, -0.25) is 0 Å². The molecule has 0 atom stereocenters. The van der Waals surface area contributed by atoms with Crippen molar-refractivity contribution in [3.63, 3.8) is 0 Å². The number of benzene rings is 1. The molecule has 3 rings (SSSR count). The van der Waals surface area contributed by atoms with E-state index in [1.54, 1.807) is 11.3 Å². The standard InChI is InChI=1S/C16H19NOS/c1-11-16(17-15(19-11)8-9-18)14-7-6-12-4-2-3-5-13(12)10-14/h6-7,10,18H,2-5,8-9H2,1H3. The summed E-state index contributed by atoms with van der Waals surface area (Å²) in [5.74, 6) is 0. The van der Waals surface area contributed by atoms with Gasteiger partial charge in [0, 0.05) is 23.5 Å². The van der Waals surface area contributed by atoms with Crippen LogP contribution in [0.3, 0.4) is 0 Å². The van der Waals surface area contributed by atoms with Crippen LogP contribution < -0.4 is 0 Å². The molecule has 1 aliphatic carbocycles. The Hall–Kier alpha value is -1.19. The van der Waals surface area contributed by atoms with Crippen LogP contribution >= 0.6 is 11.3 Å². The van der Waals surface area contributed by atoms with E-state index >= 15 is 0 Å². The molecule has 2 nitrogen and oxygen atoms in total. The van der Waals surface area contributed by atoms with Gasteiger partial charge in [-0.1, -0.05) is 12.1 Å². The molecule has 1 heterocycles. The molecule has 1 N–H and O–H groups in total. The first-order valence-electron chi connectivity index (χ1n) is 6.97. The van der Waals surface area contributed by atoms with Crippen molar-refractivity contribution in [1.82, 2.24) is 4.98 Å². The number of aliphatic hydroxyl groups excluding tert-OH is 1. The Labute approximate surface area is 118 Å². The molecule has 2 aromatic rings. The van der Waals surface area contributed by atoms with Gasteiger partial charge < -0.3 is 5.11 Å². The van der Waals surface area contributed by atoms with Crippen LogP contribution in [0.15, 0.2) is 18.2 Å². The smallest absolute Gasteiger partial charge is 0.0958 e. The summed E-state index contributed by atoms with van der Waals surface area (Å²) in [5.41, 5.74) is 5.35. The van der Waals surface area contributed by atoms with Crippen molar-refractivity contribution in [2.24, 2.45) is 0 Å². The van der Waals surface area contributed by atoms with Gasteiger partial charge in [-0.15, -0.1) is 11.3 Å². The minimum atomic E-state index is 0.177. The van der Waals surface area contributed by atoms with Crippen molar-refractivity contribution < 1.29 is 5.11 Å². The highest BCUT2D eigenvalue weighted by atomic mass is 32.1. The van der Waals surface area contributed by atoms with Crippen molar-refractivity contribution in [1.29, 1.82) is 0 Å². The molecule has 1 aromatic heterocycles. The van der Waals surface area contributed by atoms with Gasteiger partial charge in [0.05, 0.1) is 10.7 Å². The van der Waals surface area contributed by atoms with Crippen molar-refractivity contribution >= 4 is 11.3 Å². The van der Waals surface area contributed by atoms with Gasteiger partial charge in [0.1, 0.15) is 0 Å². The third-order valence-electron chi connectivity index (χ3n) is 3.79. The van der Waals surface area contributed by atoms with E-state index in [2.05, 4.69) is 30.1 Å². The minimum absolute atomic E-state index is 0.177. The summed E-state index contributed by atoms with van der Waals surface area (Å²) in [4.78, 5) is 5.93. The van der Waals surface area contributed by atoms with Gasteiger partial charge >= 0.3 is 0 Å². The van der Waals surface area contributed by atoms with Crippen LogP contribution in [-0.4, -0.2) is 16.7 Å². The first-order chi connectivity index (χ1) is 9.28. The molecule has 0 saturated carbocycles. The lowest BCUT2D eigenvalue weighted by Crippen LogP contribution is -2.02. The number of nitrogens with zero attached hydrogens (tertiary/aromatic N) is 1. The fourth-order valence-electron chi connectivity index (χ4n) is 2.80. The lowest BCUT2D eigenvalue weighted by Gasteiger charge is -2.16. The summed E-state index contributed by atoms with van der Waals surface area (Å²) in [6.07, 6.45) is 5.72. The van der Waals surface area contributed by atoms with E-state index in [-0.39, 0.29) is 6.61 Å². The average molecular weight is 273 g/mol. The Balaban J connectivity index is 1.97. The normalized spacial score (nSPS) is 14.4. The predicted molar refractivity (Wildman–Crippen MR) is 79.7 cm³/mol. The quantitative estimate of drug-likeness (QED) is 0.928. The number of aliphatic hydroxyl groups is 1. The average Bonchev–Trinajstić information content (AvgIpc) is 2.79. The molecule has 0 spiro atoms. The van der Waals surface area contributed by atoms with E-state index in [0.29, 0.717) is 6.42 Å². The lowest BCUT2D eigenvalue weighted by molar-refractivity contribution is 0.299. The van der Waals surface area contributed by atoms with Crippen LogP contribution in [0.2, 0.25) is 0 Å². The van der Waals surface area contributed by atoms with Crippen molar-refractivity contribution in [3.8, 4) is 11.3 Å². The Morgan fingerprint density at radius 1 is 1.21 bits per heavy atom. The summed E-state index contributed by atoms with van der Waals surface area (Å²) in [5, 5.41) is 10.1. The maximum absolute atomic E-state index is 9.02. The molecular weight excluding hydrogens is 254 g/mol. The lowest BCUT2D eigenvalue weighted by atomic mass is 9.90. The highest BCUT2D eigenvalue weighted by Crippen LogP contribution is 2.31. The highest BCUT2D eigenvalue weighted by Gasteiger charge is 2.13. The van der Waals surface area contributed by atoms with Crippen LogP contribution in [0.25, 0.3) is 11.3 Å². The first-order valence-corrected chi connectivity index (χ1v) is 7.79. The number of hydrogen-bond acceptors (Lipinski definition) is 3. The summed E-state index contributed by atoms with van der Waals surface area (Å²) in [7, 11) is 0. The minimum Gasteiger partial charge on any atom is -0.396 e. The summed E-state index contributed by atoms with van der Waals surface area (Å²) < 4.78 is 0. The predicted octanol–water partition coefficient (Wildman–Crippen LogP) is 3.53. The van der Waals surface area contributed by atoms with Gasteiger partial charge in [0.2, 0.25) is 0 Å². The summed E-state index contributed by atoms with van der Waals surface area (Å²) in [6, 6.07) is 6.79. The van der Waals surface area contributed by atoms with E-state index in [1.807, 2.05) is 0 Å². The van der Waals surface area contributed by atoms with Crippen molar-refractivity contribution in [2.75, 3.05) is 6.61 Å². The van der Waals surface area contributed by atoms with Gasteiger partial charge in [-0.05, 0) is 49.8 Å². The van der Waals surface area contributed by atoms with E-state index in [4.69, 9.17) is 5.11 Å². The molecular formula is C16H19NOS. The number of fused-ring (bicyclic) bond motifs is 1. The first kappa shape index (κ1) is 12.8. The SMILES string of the molecule is Cc1sc(CCO)nc1-c1ccc2c(c1)CCCC2. The molecule has 0 bridgehead atoms. The second-order valence-electron chi connectivity index (χ2n) is 5.18. The molecule has 19 heavy (non-hydrogen) atoms.